The van der Waals surface area contributed by atoms with Crippen molar-refractivity contribution in [3.05, 3.63) is 0 Å². The summed E-state index contributed by atoms with van der Waals surface area (Å²) in [6.45, 7) is 0.0753. The quantitative estimate of drug-likeness (QED) is 0.758. The maximum absolute atomic E-state index is 12.1. The first-order valence-electron chi connectivity index (χ1n) is 5.88. The molecular formula is C11H17F2NO3. The highest BCUT2D eigenvalue weighted by Crippen LogP contribution is 2.29. The van der Waals surface area contributed by atoms with Gasteiger partial charge < -0.3 is 14.4 Å². The van der Waals surface area contributed by atoms with E-state index in [0.717, 1.165) is 12.8 Å². The lowest BCUT2D eigenvalue weighted by Crippen LogP contribution is -2.61. The van der Waals surface area contributed by atoms with E-state index < -0.39 is 18.3 Å². The van der Waals surface area contributed by atoms with Gasteiger partial charge in [0.15, 0.2) is 0 Å². The van der Waals surface area contributed by atoms with Crippen LogP contribution in [0.2, 0.25) is 0 Å². The molecule has 0 bridgehead atoms. The Balaban J connectivity index is 1.82. The Bertz CT molecular complexity index is 286. The van der Waals surface area contributed by atoms with Gasteiger partial charge in [-0.2, -0.15) is 8.78 Å². The second-order valence-corrected chi connectivity index (χ2v) is 4.77. The minimum atomic E-state index is -2.77. The Hall–Kier alpha value is -0.750. The van der Waals surface area contributed by atoms with E-state index in [1.807, 2.05) is 0 Å². The summed E-state index contributed by atoms with van der Waals surface area (Å²) >= 11 is 0. The molecule has 17 heavy (non-hydrogen) atoms. The predicted octanol–water partition coefficient (Wildman–Crippen LogP) is 1.40. The van der Waals surface area contributed by atoms with Gasteiger partial charge in [-0.05, 0) is 26.2 Å². The van der Waals surface area contributed by atoms with Crippen LogP contribution in [-0.4, -0.2) is 48.8 Å². The van der Waals surface area contributed by atoms with Gasteiger partial charge >= 0.3 is 6.61 Å². The third-order valence-electron chi connectivity index (χ3n) is 3.35. The molecule has 2 aliphatic rings. The Kier molecular flexibility index (Phi) is 3.63. The molecule has 0 aromatic heterocycles. The molecule has 0 aromatic carbocycles. The van der Waals surface area contributed by atoms with Crippen molar-refractivity contribution >= 4 is 5.91 Å². The van der Waals surface area contributed by atoms with Gasteiger partial charge in [-0.3, -0.25) is 4.79 Å². The summed E-state index contributed by atoms with van der Waals surface area (Å²) in [7, 11) is 0. The molecule has 1 atom stereocenters. The number of carbonyl (C=O) groups is 1. The summed E-state index contributed by atoms with van der Waals surface area (Å²) < 4.78 is 33.7. The van der Waals surface area contributed by atoms with E-state index in [0.29, 0.717) is 13.0 Å². The number of rotatable bonds is 3. The number of halogens is 2. The van der Waals surface area contributed by atoms with Crippen LogP contribution in [0.3, 0.4) is 0 Å². The molecule has 1 unspecified atom stereocenters. The van der Waals surface area contributed by atoms with Crippen molar-refractivity contribution in [1.82, 2.24) is 4.90 Å². The Morgan fingerprint density at radius 1 is 1.47 bits per heavy atom. The molecule has 2 saturated heterocycles. The maximum Gasteiger partial charge on any atom is 0.345 e. The van der Waals surface area contributed by atoms with Crippen LogP contribution in [0.5, 0.6) is 0 Å². The zero-order valence-electron chi connectivity index (χ0n) is 9.83. The highest BCUT2D eigenvalue weighted by Gasteiger charge is 2.44. The summed E-state index contributed by atoms with van der Waals surface area (Å²) in [6.07, 6.45) is 2.10. The molecule has 0 saturated carbocycles. The van der Waals surface area contributed by atoms with Crippen LogP contribution in [0.15, 0.2) is 0 Å². The largest absolute Gasteiger partial charge is 0.365 e. The Morgan fingerprint density at radius 2 is 2.18 bits per heavy atom. The van der Waals surface area contributed by atoms with Crippen LogP contribution in [0.4, 0.5) is 8.78 Å². The summed E-state index contributed by atoms with van der Waals surface area (Å²) in [5, 5.41) is 0. The van der Waals surface area contributed by atoms with Crippen molar-refractivity contribution in [2.24, 2.45) is 0 Å². The van der Waals surface area contributed by atoms with Gasteiger partial charge in [-0.15, -0.1) is 0 Å². The zero-order valence-corrected chi connectivity index (χ0v) is 9.83. The van der Waals surface area contributed by atoms with Crippen molar-refractivity contribution in [3.8, 4) is 0 Å². The summed E-state index contributed by atoms with van der Waals surface area (Å²) in [5.41, 5.74) is -0.770. The number of likely N-dealkylation sites (tertiary alicyclic amines) is 1. The lowest BCUT2D eigenvalue weighted by molar-refractivity contribution is -0.208. The molecule has 98 valence electrons. The number of amides is 1. The van der Waals surface area contributed by atoms with Gasteiger partial charge in [-0.1, -0.05) is 0 Å². The second kappa shape index (κ2) is 4.86. The second-order valence-electron chi connectivity index (χ2n) is 4.77. The van der Waals surface area contributed by atoms with Gasteiger partial charge in [0, 0.05) is 19.7 Å². The number of nitrogens with zero attached hydrogens (tertiary/aromatic N) is 1. The molecule has 6 heteroatoms. The summed E-state index contributed by atoms with van der Waals surface area (Å²) in [6, 6.07) is 0. The van der Waals surface area contributed by atoms with Crippen LogP contribution in [-0.2, 0) is 14.3 Å². The van der Waals surface area contributed by atoms with E-state index in [-0.39, 0.29) is 19.0 Å². The molecule has 0 aliphatic carbocycles. The van der Waals surface area contributed by atoms with Crippen LogP contribution < -0.4 is 0 Å². The molecular weight excluding hydrogens is 232 g/mol. The third kappa shape index (κ3) is 2.74. The smallest absolute Gasteiger partial charge is 0.345 e. The minimum Gasteiger partial charge on any atom is -0.365 e. The number of ether oxygens (including phenoxy) is 2. The van der Waals surface area contributed by atoms with Crippen molar-refractivity contribution in [2.45, 2.75) is 44.5 Å². The van der Waals surface area contributed by atoms with E-state index in [4.69, 9.17) is 4.74 Å². The first-order valence-corrected chi connectivity index (χ1v) is 5.88. The summed E-state index contributed by atoms with van der Waals surface area (Å²) in [4.78, 5) is 13.6. The van der Waals surface area contributed by atoms with Gasteiger partial charge in [0.05, 0.1) is 6.10 Å². The molecule has 2 heterocycles. The first kappa shape index (κ1) is 12.7. The van der Waals surface area contributed by atoms with E-state index in [1.54, 1.807) is 6.92 Å². The fourth-order valence-corrected chi connectivity index (χ4v) is 2.27. The van der Waals surface area contributed by atoms with Crippen molar-refractivity contribution < 1.29 is 23.0 Å². The first-order chi connectivity index (χ1) is 8.01. The molecule has 2 aliphatic heterocycles. The third-order valence-corrected chi connectivity index (χ3v) is 3.35. The molecule has 0 aromatic rings. The zero-order chi connectivity index (χ0) is 12.5. The van der Waals surface area contributed by atoms with Gasteiger partial charge in [-0.25, -0.2) is 0 Å². The van der Waals surface area contributed by atoms with E-state index in [2.05, 4.69) is 4.74 Å². The number of alkyl halides is 2. The number of carbonyl (C=O) groups excluding carboxylic acids is 1. The molecule has 2 rings (SSSR count). The maximum atomic E-state index is 12.1. The highest BCUT2D eigenvalue weighted by atomic mass is 19.3. The van der Waals surface area contributed by atoms with Crippen LogP contribution in [0, 0.1) is 0 Å². The van der Waals surface area contributed by atoms with Gasteiger partial charge in [0.2, 0.25) is 0 Å². The molecule has 1 amide bonds. The Labute approximate surface area is 98.9 Å². The Morgan fingerprint density at radius 3 is 2.71 bits per heavy atom. The topological polar surface area (TPSA) is 38.8 Å². The molecule has 4 nitrogen and oxygen atoms in total. The van der Waals surface area contributed by atoms with E-state index >= 15 is 0 Å². The highest BCUT2D eigenvalue weighted by molar-refractivity contribution is 5.85. The van der Waals surface area contributed by atoms with Crippen LogP contribution in [0.1, 0.15) is 26.2 Å². The van der Waals surface area contributed by atoms with E-state index in [1.165, 1.54) is 4.90 Å². The number of hydrogen-bond acceptors (Lipinski definition) is 3. The van der Waals surface area contributed by atoms with E-state index in [9.17, 15) is 13.6 Å². The fraction of sp³-hybridized carbons (Fsp3) is 0.909. The average Bonchev–Trinajstić information content (AvgIpc) is 2.22. The lowest BCUT2D eigenvalue weighted by atomic mass is 9.93. The average molecular weight is 249 g/mol. The lowest BCUT2D eigenvalue weighted by Gasteiger charge is -2.44. The number of hydrogen-bond donors (Lipinski definition) is 0. The molecule has 0 N–H and O–H groups in total. The molecule has 0 spiro atoms. The van der Waals surface area contributed by atoms with Gasteiger partial charge in [0.1, 0.15) is 5.60 Å². The monoisotopic (exact) mass is 249 g/mol. The van der Waals surface area contributed by atoms with Crippen LogP contribution in [0.25, 0.3) is 0 Å². The molecule has 2 fully saturated rings. The van der Waals surface area contributed by atoms with Gasteiger partial charge in [0.25, 0.3) is 5.91 Å². The predicted molar refractivity (Wildman–Crippen MR) is 55.7 cm³/mol. The van der Waals surface area contributed by atoms with Crippen LogP contribution >= 0.6 is 0 Å². The van der Waals surface area contributed by atoms with Crippen molar-refractivity contribution in [1.29, 1.82) is 0 Å². The van der Waals surface area contributed by atoms with Crippen molar-refractivity contribution in [2.75, 3.05) is 19.7 Å². The summed E-state index contributed by atoms with van der Waals surface area (Å²) in [5.74, 6) is -0.105. The fourth-order valence-electron chi connectivity index (χ4n) is 2.27. The van der Waals surface area contributed by atoms with Crippen molar-refractivity contribution in [3.63, 3.8) is 0 Å². The molecule has 0 radical (unpaired) electrons. The SMILES string of the molecule is CC1(C(=O)N2CC(OC(F)F)C2)CCCCO1. The normalized spacial score (nSPS) is 30.5. The standard InChI is InChI=1S/C11H17F2NO3/c1-11(4-2-3-5-16-11)9(15)14-6-8(7-14)17-10(12)13/h8,10H,2-7H2,1H3. The minimum absolute atomic E-state index is 0.105.